The van der Waals surface area contributed by atoms with Crippen LogP contribution in [0.15, 0.2) is 48.5 Å². The zero-order valence-electron chi connectivity index (χ0n) is 9.19. The molecule has 0 aromatic heterocycles. The number of rotatable bonds is 3. The van der Waals surface area contributed by atoms with Crippen LogP contribution < -0.4 is 0 Å². The van der Waals surface area contributed by atoms with E-state index >= 15 is 0 Å². The fourth-order valence-corrected chi connectivity index (χ4v) is 1.87. The average Bonchev–Trinajstić information content (AvgIpc) is 2.39. The van der Waals surface area contributed by atoms with Gasteiger partial charge in [-0.25, -0.2) is 0 Å². The summed E-state index contributed by atoms with van der Waals surface area (Å²) in [4.78, 5) is 22.4. The Hall–Kier alpha value is -1.64. The maximum atomic E-state index is 11.2. The Labute approximate surface area is 114 Å². The van der Waals surface area contributed by atoms with Gasteiger partial charge < -0.3 is 0 Å². The second kappa shape index (κ2) is 5.34. The minimum Gasteiger partial charge on any atom is -0.276 e. The molecule has 0 aliphatic rings. The molecule has 0 bridgehead atoms. The van der Waals surface area contributed by atoms with Gasteiger partial charge in [0.1, 0.15) is 0 Å². The van der Waals surface area contributed by atoms with Gasteiger partial charge in [0.2, 0.25) is 0 Å². The van der Waals surface area contributed by atoms with Gasteiger partial charge in [-0.2, -0.15) is 0 Å². The van der Waals surface area contributed by atoms with E-state index < -0.39 is 10.5 Å². The van der Waals surface area contributed by atoms with E-state index in [2.05, 4.69) is 0 Å². The van der Waals surface area contributed by atoms with Crippen molar-refractivity contribution >= 4 is 33.7 Å². The van der Waals surface area contributed by atoms with Gasteiger partial charge in [-0.15, -0.1) is 0 Å². The third kappa shape index (κ3) is 2.78. The molecule has 0 amide bonds. The highest BCUT2D eigenvalue weighted by Gasteiger charge is 2.11. The third-order valence-corrected chi connectivity index (χ3v) is 2.93. The van der Waals surface area contributed by atoms with Crippen LogP contribution in [0.1, 0.15) is 20.7 Å². The van der Waals surface area contributed by atoms with E-state index in [1.165, 1.54) is 6.07 Å². The van der Waals surface area contributed by atoms with Crippen molar-refractivity contribution in [3.05, 3.63) is 59.7 Å². The Balaban J connectivity index is 2.61. The summed E-state index contributed by atoms with van der Waals surface area (Å²) in [6.07, 6.45) is 0. The van der Waals surface area contributed by atoms with E-state index in [0.717, 1.165) is 11.1 Å². The number of carbonyl (C=O) groups is 2. The minimum absolute atomic E-state index is 0.252. The number of carbonyl (C=O) groups excluding carboxylic acids is 2. The molecule has 0 fully saturated rings. The minimum atomic E-state index is -0.619. The summed E-state index contributed by atoms with van der Waals surface area (Å²) in [6.45, 7) is 0. The standard InChI is InChI=1S/C14H8Cl2O2/c15-13(17)11-6-10(7-12(8-11)14(16)18)9-4-2-1-3-5-9/h1-8H. The van der Waals surface area contributed by atoms with E-state index in [9.17, 15) is 9.59 Å². The van der Waals surface area contributed by atoms with Gasteiger partial charge in [-0.1, -0.05) is 30.3 Å². The van der Waals surface area contributed by atoms with Crippen LogP contribution in [0.4, 0.5) is 0 Å². The van der Waals surface area contributed by atoms with Gasteiger partial charge in [0.05, 0.1) is 0 Å². The summed E-state index contributed by atoms with van der Waals surface area (Å²) in [7, 11) is 0. The van der Waals surface area contributed by atoms with Crippen LogP contribution in [0, 0.1) is 0 Å². The van der Waals surface area contributed by atoms with Crippen LogP contribution in [-0.4, -0.2) is 10.5 Å². The van der Waals surface area contributed by atoms with E-state index in [1.54, 1.807) is 12.1 Å². The van der Waals surface area contributed by atoms with Crippen molar-refractivity contribution < 1.29 is 9.59 Å². The molecule has 0 saturated heterocycles. The molecule has 0 aliphatic heterocycles. The van der Waals surface area contributed by atoms with Crippen LogP contribution in [-0.2, 0) is 0 Å². The second-order valence-corrected chi connectivity index (χ2v) is 4.40. The Kier molecular flexibility index (Phi) is 3.80. The molecule has 2 nitrogen and oxygen atoms in total. The van der Waals surface area contributed by atoms with Gasteiger partial charge >= 0.3 is 0 Å². The van der Waals surface area contributed by atoms with E-state index in [4.69, 9.17) is 23.2 Å². The molecule has 0 unspecified atom stereocenters. The van der Waals surface area contributed by atoms with Gasteiger partial charge in [0, 0.05) is 11.1 Å². The first-order chi connectivity index (χ1) is 8.58. The Bertz CT molecular complexity index is 574. The number of benzene rings is 2. The van der Waals surface area contributed by atoms with Gasteiger partial charge in [0.25, 0.3) is 10.5 Å². The quantitative estimate of drug-likeness (QED) is 0.792. The van der Waals surface area contributed by atoms with Crippen molar-refractivity contribution in [2.24, 2.45) is 0 Å². The summed E-state index contributed by atoms with van der Waals surface area (Å²) >= 11 is 10.9. The predicted molar refractivity (Wildman–Crippen MR) is 72.2 cm³/mol. The SMILES string of the molecule is O=C(Cl)c1cc(C(=O)Cl)cc(-c2ccccc2)c1. The fraction of sp³-hybridized carbons (Fsp3) is 0. The van der Waals surface area contributed by atoms with Crippen molar-refractivity contribution in [1.82, 2.24) is 0 Å². The summed E-state index contributed by atoms with van der Waals surface area (Å²) in [5, 5.41) is -1.24. The van der Waals surface area contributed by atoms with Crippen molar-refractivity contribution in [2.45, 2.75) is 0 Å². The highest BCUT2D eigenvalue weighted by atomic mass is 35.5. The number of hydrogen-bond acceptors (Lipinski definition) is 2. The molecule has 0 spiro atoms. The molecule has 4 heteroatoms. The first-order valence-electron chi connectivity index (χ1n) is 5.18. The summed E-state index contributed by atoms with van der Waals surface area (Å²) in [5.74, 6) is 0. The molecule has 2 aromatic carbocycles. The van der Waals surface area contributed by atoms with Crippen molar-refractivity contribution in [1.29, 1.82) is 0 Å². The first kappa shape index (κ1) is 12.8. The lowest BCUT2D eigenvalue weighted by atomic mass is 10.0. The molecular weight excluding hydrogens is 271 g/mol. The summed E-state index contributed by atoms with van der Waals surface area (Å²) in [6, 6.07) is 14.0. The molecule has 0 heterocycles. The number of halogens is 2. The third-order valence-electron chi connectivity index (χ3n) is 2.49. The molecule has 0 N–H and O–H groups in total. The maximum Gasteiger partial charge on any atom is 0.252 e. The Morgan fingerprint density at radius 3 is 1.67 bits per heavy atom. The largest absolute Gasteiger partial charge is 0.276 e. The fourth-order valence-electron chi connectivity index (χ4n) is 1.65. The summed E-state index contributed by atoms with van der Waals surface area (Å²) < 4.78 is 0. The summed E-state index contributed by atoms with van der Waals surface area (Å²) in [5.41, 5.74) is 2.12. The second-order valence-electron chi connectivity index (χ2n) is 3.71. The van der Waals surface area contributed by atoms with Gasteiger partial charge in [0.15, 0.2) is 0 Å². The van der Waals surface area contributed by atoms with E-state index in [0.29, 0.717) is 0 Å². The van der Waals surface area contributed by atoms with Gasteiger partial charge in [-0.05, 0) is 52.5 Å². The predicted octanol–water partition coefficient (Wildman–Crippen LogP) is 4.11. The molecule has 0 radical (unpaired) electrons. The molecule has 0 aliphatic carbocycles. The topological polar surface area (TPSA) is 34.1 Å². The molecule has 2 rings (SSSR count). The Morgan fingerprint density at radius 1 is 0.722 bits per heavy atom. The molecule has 2 aromatic rings. The van der Waals surface area contributed by atoms with Crippen LogP contribution in [0.3, 0.4) is 0 Å². The van der Waals surface area contributed by atoms with Crippen LogP contribution in [0.5, 0.6) is 0 Å². The van der Waals surface area contributed by atoms with Crippen molar-refractivity contribution in [2.75, 3.05) is 0 Å². The highest BCUT2D eigenvalue weighted by Crippen LogP contribution is 2.24. The molecule has 90 valence electrons. The Morgan fingerprint density at radius 2 is 1.22 bits per heavy atom. The van der Waals surface area contributed by atoms with Crippen molar-refractivity contribution in [3.8, 4) is 11.1 Å². The zero-order chi connectivity index (χ0) is 13.1. The van der Waals surface area contributed by atoms with E-state index in [-0.39, 0.29) is 11.1 Å². The van der Waals surface area contributed by atoms with E-state index in [1.807, 2.05) is 30.3 Å². The maximum absolute atomic E-state index is 11.2. The zero-order valence-corrected chi connectivity index (χ0v) is 10.7. The molecule has 18 heavy (non-hydrogen) atoms. The van der Waals surface area contributed by atoms with Gasteiger partial charge in [-0.3, -0.25) is 9.59 Å². The normalized spacial score (nSPS) is 10.1. The lowest BCUT2D eigenvalue weighted by molar-refractivity contribution is 0.108. The number of hydrogen-bond donors (Lipinski definition) is 0. The lowest BCUT2D eigenvalue weighted by Crippen LogP contribution is -1.96. The van der Waals surface area contributed by atoms with Crippen molar-refractivity contribution in [3.63, 3.8) is 0 Å². The monoisotopic (exact) mass is 278 g/mol. The molecule has 0 saturated carbocycles. The van der Waals surface area contributed by atoms with Crippen LogP contribution in [0.25, 0.3) is 11.1 Å². The first-order valence-corrected chi connectivity index (χ1v) is 5.93. The van der Waals surface area contributed by atoms with Crippen LogP contribution >= 0.6 is 23.2 Å². The average molecular weight is 279 g/mol. The molecule has 0 atom stereocenters. The molecular formula is C14H8Cl2O2. The van der Waals surface area contributed by atoms with Crippen LogP contribution in [0.2, 0.25) is 0 Å². The smallest absolute Gasteiger partial charge is 0.252 e. The highest BCUT2D eigenvalue weighted by molar-refractivity contribution is 6.69. The lowest BCUT2D eigenvalue weighted by Gasteiger charge is -2.05.